The fourth-order valence-electron chi connectivity index (χ4n) is 7.16. The first-order valence-corrected chi connectivity index (χ1v) is 15.0. The normalized spacial score (nSPS) is 23.1. The van der Waals surface area contributed by atoms with E-state index in [1.807, 2.05) is 79.4 Å². The topological polar surface area (TPSA) is 97.5 Å². The van der Waals surface area contributed by atoms with Crippen LogP contribution in [0.15, 0.2) is 54.7 Å². The van der Waals surface area contributed by atoms with Gasteiger partial charge in [-0.2, -0.15) is 0 Å². The molecule has 3 heterocycles. The number of anilines is 1. The van der Waals surface area contributed by atoms with Crippen molar-refractivity contribution in [3.63, 3.8) is 0 Å². The van der Waals surface area contributed by atoms with Crippen molar-refractivity contribution < 1.29 is 14.4 Å². The molecule has 0 radical (unpaired) electrons. The highest BCUT2D eigenvalue weighted by Crippen LogP contribution is 2.43. The minimum Gasteiger partial charge on any atom is -0.361 e. The van der Waals surface area contributed by atoms with Crippen LogP contribution in [0.2, 0.25) is 0 Å². The molecule has 3 N–H and O–H groups in total. The van der Waals surface area contributed by atoms with Crippen LogP contribution in [0, 0.1) is 5.92 Å². The number of nitrogens with one attached hydrogen (secondary N) is 3. The van der Waals surface area contributed by atoms with Gasteiger partial charge >= 0.3 is 0 Å². The van der Waals surface area contributed by atoms with E-state index in [-0.39, 0.29) is 29.7 Å². The van der Waals surface area contributed by atoms with Gasteiger partial charge in [-0.15, -0.1) is 0 Å². The van der Waals surface area contributed by atoms with Gasteiger partial charge in [-0.1, -0.05) is 36.4 Å². The maximum Gasteiger partial charge on any atom is 0.245 e. The molecule has 3 atom stereocenters. The van der Waals surface area contributed by atoms with Gasteiger partial charge in [0.15, 0.2) is 0 Å². The fourth-order valence-corrected chi connectivity index (χ4v) is 7.16. The molecule has 2 aromatic carbocycles. The number of likely N-dealkylation sites (tertiary alicyclic amines) is 1. The van der Waals surface area contributed by atoms with Gasteiger partial charge in [0, 0.05) is 60.3 Å². The van der Waals surface area contributed by atoms with E-state index in [1.54, 1.807) is 0 Å². The Balaban J connectivity index is 1.18. The minimum atomic E-state index is -0.639. The lowest BCUT2D eigenvalue weighted by Gasteiger charge is -2.38. The van der Waals surface area contributed by atoms with Crippen molar-refractivity contribution in [1.29, 1.82) is 0 Å². The quantitative estimate of drug-likeness (QED) is 0.412. The zero-order valence-electron chi connectivity index (χ0n) is 24.3. The third-order valence-electron chi connectivity index (χ3n) is 9.66. The largest absolute Gasteiger partial charge is 0.361 e. The van der Waals surface area contributed by atoms with E-state index in [4.69, 9.17) is 0 Å². The molecule has 3 amide bonds. The van der Waals surface area contributed by atoms with E-state index >= 15 is 0 Å². The molecule has 6 rings (SSSR count). The predicted molar refractivity (Wildman–Crippen MR) is 161 cm³/mol. The van der Waals surface area contributed by atoms with E-state index in [9.17, 15) is 14.4 Å². The molecular formula is C33H41N5O3. The summed E-state index contributed by atoms with van der Waals surface area (Å²) in [6, 6.07) is 15.9. The summed E-state index contributed by atoms with van der Waals surface area (Å²) < 4.78 is 0. The first-order valence-electron chi connectivity index (χ1n) is 15.0. The highest BCUT2D eigenvalue weighted by molar-refractivity contribution is 6.08. The third-order valence-corrected chi connectivity index (χ3v) is 9.66. The molecule has 1 saturated heterocycles. The lowest BCUT2D eigenvalue weighted by atomic mass is 9.86. The van der Waals surface area contributed by atoms with Crippen LogP contribution in [0.25, 0.3) is 10.9 Å². The molecule has 1 aromatic heterocycles. The summed E-state index contributed by atoms with van der Waals surface area (Å²) in [5, 5.41) is 7.52. The molecule has 0 spiro atoms. The highest BCUT2D eigenvalue weighted by atomic mass is 16.2. The van der Waals surface area contributed by atoms with Crippen molar-refractivity contribution in [2.45, 2.75) is 75.9 Å². The number of amides is 3. The second-order valence-corrected chi connectivity index (χ2v) is 12.5. The monoisotopic (exact) mass is 555 g/mol. The van der Waals surface area contributed by atoms with Gasteiger partial charge in [-0.3, -0.25) is 14.4 Å². The number of rotatable bonds is 7. The lowest BCUT2D eigenvalue weighted by Crippen LogP contribution is -2.55. The summed E-state index contributed by atoms with van der Waals surface area (Å²) in [6.07, 6.45) is 6.40. The molecule has 8 heteroatoms. The molecule has 41 heavy (non-hydrogen) atoms. The van der Waals surface area contributed by atoms with Gasteiger partial charge in [0.05, 0.1) is 5.41 Å². The van der Waals surface area contributed by atoms with Gasteiger partial charge in [0.1, 0.15) is 6.04 Å². The SMILES string of the molecule is CN[C@@H]1CC[C@H](C(=O)NC(Cc2c[nH]c3ccccc23)C(=O)N2CCC(N3C(=O)C(C)(C)c4ccccc43)CC2)C1. The Hall–Kier alpha value is -3.65. The van der Waals surface area contributed by atoms with Crippen molar-refractivity contribution >= 4 is 34.3 Å². The summed E-state index contributed by atoms with van der Waals surface area (Å²) in [4.78, 5) is 48.0. The van der Waals surface area contributed by atoms with E-state index in [0.29, 0.717) is 38.4 Å². The molecule has 3 aromatic rings. The van der Waals surface area contributed by atoms with Crippen molar-refractivity contribution in [1.82, 2.24) is 20.5 Å². The van der Waals surface area contributed by atoms with E-state index < -0.39 is 11.5 Å². The second-order valence-electron chi connectivity index (χ2n) is 12.5. The molecule has 1 saturated carbocycles. The molecular weight excluding hydrogens is 514 g/mol. The molecule has 1 aliphatic carbocycles. The number of aromatic nitrogens is 1. The molecule has 2 fully saturated rings. The Morgan fingerprint density at radius 1 is 1.02 bits per heavy atom. The number of H-pyrrole nitrogens is 1. The number of aromatic amines is 1. The van der Waals surface area contributed by atoms with Crippen LogP contribution in [0.4, 0.5) is 5.69 Å². The van der Waals surface area contributed by atoms with Crippen LogP contribution in [0.3, 0.4) is 0 Å². The van der Waals surface area contributed by atoms with Crippen LogP contribution in [-0.4, -0.2) is 65.9 Å². The van der Waals surface area contributed by atoms with Crippen LogP contribution >= 0.6 is 0 Å². The number of hydrogen-bond donors (Lipinski definition) is 3. The summed E-state index contributed by atoms with van der Waals surface area (Å²) in [7, 11) is 1.94. The van der Waals surface area contributed by atoms with Crippen molar-refractivity contribution in [3.8, 4) is 0 Å². The van der Waals surface area contributed by atoms with Crippen LogP contribution < -0.4 is 15.5 Å². The minimum absolute atomic E-state index is 0.0303. The number of hydrogen-bond acceptors (Lipinski definition) is 4. The summed E-state index contributed by atoms with van der Waals surface area (Å²) in [6.45, 7) is 5.10. The number of para-hydroxylation sites is 2. The van der Waals surface area contributed by atoms with Gasteiger partial charge in [0.25, 0.3) is 0 Å². The highest BCUT2D eigenvalue weighted by Gasteiger charge is 2.47. The van der Waals surface area contributed by atoms with E-state index in [0.717, 1.165) is 47.0 Å². The lowest BCUT2D eigenvalue weighted by molar-refractivity contribution is -0.138. The van der Waals surface area contributed by atoms with Gasteiger partial charge in [-0.25, -0.2) is 0 Å². The van der Waals surface area contributed by atoms with Crippen LogP contribution in [0.1, 0.15) is 57.1 Å². The molecule has 1 unspecified atom stereocenters. The number of carbonyl (C=O) groups excluding carboxylic acids is 3. The Kier molecular flexibility index (Phi) is 7.36. The predicted octanol–water partition coefficient (Wildman–Crippen LogP) is 3.90. The average Bonchev–Trinajstić information content (AvgIpc) is 3.69. The van der Waals surface area contributed by atoms with Crippen molar-refractivity contribution in [2.75, 3.05) is 25.0 Å². The van der Waals surface area contributed by atoms with Crippen molar-refractivity contribution in [3.05, 3.63) is 65.9 Å². The third kappa shape index (κ3) is 5.03. The van der Waals surface area contributed by atoms with Gasteiger partial charge in [-0.05, 0) is 76.3 Å². The Bertz CT molecular complexity index is 1450. The van der Waals surface area contributed by atoms with Crippen LogP contribution in [0.5, 0.6) is 0 Å². The van der Waals surface area contributed by atoms with Crippen molar-refractivity contribution in [2.24, 2.45) is 5.92 Å². The van der Waals surface area contributed by atoms with Crippen LogP contribution in [-0.2, 0) is 26.2 Å². The number of benzene rings is 2. The molecule has 2 aliphatic heterocycles. The smallest absolute Gasteiger partial charge is 0.245 e. The molecule has 0 bridgehead atoms. The number of fused-ring (bicyclic) bond motifs is 2. The molecule has 3 aliphatic rings. The molecule has 216 valence electrons. The Morgan fingerprint density at radius 3 is 2.51 bits per heavy atom. The fraction of sp³-hybridized carbons (Fsp3) is 0.485. The van der Waals surface area contributed by atoms with E-state index in [2.05, 4.69) is 21.7 Å². The number of nitrogens with zero attached hydrogens (tertiary/aromatic N) is 2. The maximum atomic E-state index is 14.0. The molecule has 8 nitrogen and oxygen atoms in total. The number of piperidine rings is 1. The first-order chi connectivity index (χ1) is 19.8. The standard InChI is InChI=1S/C33H41N5O3/c1-33(2)26-9-5-7-11-29(26)38(32(33)41)24-14-16-37(17-15-24)31(40)28(36-30(39)21-12-13-23(18-21)34-3)19-22-20-35-27-10-6-4-8-25(22)27/h4-11,20-21,23-24,28,34-35H,12-19H2,1-3H3,(H,36,39)/t21-,23+,28?/m0/s1. The van der Waals surface area contributed by atoms with Gasteiger partial charge < -0.3 is 25.4 Å². The van der Waals surface area contributed by atoms with E-state index in [1.165, 1.54) is 0 Å². The zero-order chi connectivity index (χ0) is 28.7. The summed E-state index contributed by atoms with van der Waals surface area (Å²) in [5.41, 5.74) is 3.55. The average molecular weight is 556 g/mol. The van der Waals surface area contributed by atoms with Gasteiger partial charge in [0.2, 0.25) is 17.7 Å². The summed E-state index contributed by atoms with van der Waals surface area (Å²) >= 11 is 0. The Labute approximate surface area is 241 Å². The zero-order valence-corrected chi connectivity index (χ0v) is 24.3. The Morgan fingerprint density at radius 2 is 1.76 bits per heavy atom. The second kappa shape index (κ2) is 11.0. The number of carbonyl (C=O) groups is 3. The maximum absolute atomic E-state index is 14.0. The first kappa shape index (κ1) is 27.5. The summed E-state index contributed by atoms with van der Waals surface area (Å²) in [5.74, 6) is -0.0264.